The molecule has 1 fully saturated rings. The number of nitrogens with zero attached hydrogens (tertiary/aromatic N) is 3. The van der Waals surface area contributed by atoms with E-state index in [2.05, 4.69) is 34.3 Å². The van der Waals surface area contributed by atoms with Crippen LogP contribution in [0.2, 0.25) is 0 Å². The maximum Gasteiger partial charge on any atom is 0.317 e. The van der Waals surface area contributed by atoms with Crippen LogP contribution in [0.15, 0.2) is 4.42 Å². The molecule has 0 aliphatic carbocycles. The fourth-order valence-electron chi connectivity index (χ4n) is 2.33. The zero-order valence-electron chi connectivity index (χ0n) is 12.8. The summed E-state index contributed by atoms with van der Waals surface area (Å²) in [5, 5.41) is 11.5. The van der Waals surface area contributed by atoms with E-state index in [1.54, 1.807) is 0 Å². The largest absolute Gasteiger partial charge is 0.407 e. The lowest BCUT2D eigenvalue weighted by Gasteiger charge is -2.25. The first-order valence-corrected chi connectivity index (χ1v) is 7.47. The second-order valence-corrected chi connectivity index (χ2v) is 5.94. The van der Waals surface area contributed by atoms with Crippen LogP contribution in [0.4, 0.5) is 6.01 Å². The zero-order valence-corrected chi connectivity index (χ0v) is 12.8. The fraction of sp³-hybridized carbons (Fsp3) is 0.857. The van der Waals surface area contributed by atoms with Crippen LogP contribution in [0, 0.1) is 11.8 Å². The molecule has 6 nitrogen and oxygen atoms in total. The molecule has 20 heavy (non-hydrogen) atoms. The molecule has 1 aromatic rings. The summed E-state index contributed by atoms with van der Waals surface area (Å²) >= 11 is 0. The summed E-state index contributed by atoms with van der Waals surface area (Å²) in [6.45, 7) is 8.62. The van der Waals surface area contributed by atoms with Gasteiger partial charge in [0, 0.05) is 26.8 Å². The summed E-state index contributed by atoms with van der Waals surface area (Å²) in [6, 6.07) is 0.609. The van der Waals surface area contributed by atoms with Crippen molar-refractivity contribution in [3.8, 4) is 0 Å². The van der Waals surface area contributed by atoms with Gasteiger partial charge in [0.05, 0.1) is 6.54 Å². The molecule has 114 valence electrons. The molecule has 0 unspecified atom stereocenters. The van der Waals surface area contributed by atoms with E-state index >= 15 is 0 Å². The molecule has 6 heteroatoms. The van der Waals surface area contributed by atoms with Crippen LogP contribution in [0.5, 0.6) is 0 Å². The first-order valence-electron chi connectivity index (χ1n) is 7.47. The summed E-state index contributed by atoms with van der Waals surface area (Å²) in [7, 11) is 2.01. The molecule has 0 saturated carbocycles. The van der Waals surface area contributed by atoms with Crippen molar-refractivity contribution in [1.29, 1.82) is 0 Å². The number of hydrogen-bond donors (Lipinski definition) is 1. The molecule has 0 amide bonds. The van der Waals surface area contributed by atoms with E-state index in [1.807, 2.05) is 7.05 Å². The quantitative estimate of drug-likeness (QED) is 0.821. The third kappa shape index (κ3) is 4.76. The Morgan fingerprint density at radius 1 is 1.30 bits per heavy atom. The Kier molecular flexibility index (Phi) is 5.79. The van der Waals surface area contributed by atoms with Gasteiger partial charge in [0.15, 0.2) is 0 Å². The molecule has 0 bridgehead atoms. The van der Waals surface area contributed by atoms with Gasteiger partial charge in [-0.2, -0.15) is 0 Å². The standard InChI is InChI=1S/C14H26N4O2/c1-11(2)8-15-9-13-16-17-14(20-13)18(3)10-12-4-6-19-7-5-12/h11-12,15H,4-10H2,1-3H3. The molecule has 0 spiro atoms. The van der Waals surface area contributed by atoms with Gasteiger partial charge >= 0.3 is 6.01 Å². The third-order valence-corrected chi connectivity index (χ3v) is 3.48. The van der Waals surface area contributed by atoms with Crippen LogP contribution in [-0.4, -0.2) is 43.5 Å². The van der Waals surface area contributed by atoms with Gasteiger partial charge in [0.2, 0.25) is 5.89 Å². The van der Waals surface area contributed by atoms with Gasteiger partial charge in [-0.25, -0.2) is 0 Å². The lowest BCUT2D eigenvalue weighted by Crippen LogP contribution is -2.29. The maximum absolute atomic E-state index is 5.68. The highest BCUT2D eigenvalue weighted by Gasteiger charge is 2.18. The third-order valence-electron chi connectivity index (χ3n) is 3.48. The van der Waals surface area contributed by atoms with Gasteiger partial charge in [0.25, 0.3) is 0 Å². The second-order valence-electron chi connectivity index (χ2n) is 5.94. The van der Waals surface area contributed by atoms with Crippen molar-refractivity contribution < 1.29 is 9.15 Å². The highest BCUT2D eigenvalue weighted by molar-refractivity contribution is 5.21. The molecular weight excluding hydrogens is 256 g/mol. The van der Waals surface area contributed by atoms with Crippen LogP contribution in [0.1, 0.15) is 32.6 Å². The van der Waals surface area contributed by atoms with Crippen molar-refractivity contribution in [2.45, 2.75) is 33.2 Å². The molecular formula is C14H26N4O2. The van der Waals surface area contributed by atoms with E-state index < -0.39 is 0 Å². The van der Waals surface area contributed by atoms with Crippen molar-refractivity contribution in [2.24, 2.45) is 11.8 Å². The first-order chi connectivity index (χ1) is 9.65. The Labute approximate surface area is 120 Å². The highest BCUT2D eigenvalue weighted by Crippen LogP contribution is 2.19. The summed E-state index contributed by atoms with van der Waals surface area (Å²) in [5.41, 5.74) is 0. The lowest BCUT2D eigenvalue weighted by atomic mass is 10.0. The smallest absolute Gasteiger partial charge is 0.317 e. The number of anilines is 1. The van der Waals surface area contributed by atoms with E-state index in [0.717, 1.165) is 39.1 Å². The van der Waals surface area contributed by atoms with Crippen molar-refractivity contribution in [3.63, 3.8) is 0 Å². The number of rotatable bonds is 7. The van der Waals surface area contributed by atoms with E-state index in [0.29, 0.717) is 30.3 Å². The van der Waals surface area contributed by atoms with E-state index in [4.69, 9.17) is 9.15 Å². The van der Waals surface area contributed by atoms with Gasteiger partial charge in [-0.15, -0.1) is 5.10 Å². The van der Waals surface area contributed by atoms with E-state index in [1.165, 1.54) is 0 Å². The molecule has 1 saturated heterocycles. The number of nitrogens with one attached hydrogen (secondary N) is 1. The number of ether oxygens (including phenoxy) is 1. The minimum absolute atomic E-state index is 0.609. The molecule has 2 rings (SSSR count). The fourth-order valence-corrected chi connectivity index (χ4v) is 2.33. The van der Waals surface area contributed by atoms with Crippen LogP contribution < -0.4 is 10.2 Å². The van der Waals surface area contributed by atoms with Crippen LogP contribution >= 0.6 is 0 Å². The predicted molar refractivity (Wildman–Crippen MR) is 77.7 cm³/mol. The number of aromatic nitrogens is 2. The molecule has 1 N–H and O–H groups in total. The Hall–Kier alpha value is -1.14. The maximum atomic E-state index is 5.68. The Morgan fingerprint density at radius 2 is 2.05 bits per heavy atom. The molecule has 0 atom stereocenters. The van der Waals surface area contributed by atoms with Gasteiger partial charge in [-0.05, 0) is 31.2 Å². The van der Waals surface area contributed by atoms with E-state index in [9.17, 15) is 0 Å². The Balaban J connectivity index is 1.78. The average molecular weight is 282 g/mol. The van der Waals surface area contributed by atoms with Gasteiger partial charge in [0.1, 0.15) is 0 Å². The van der Waals surface area contributed by atoms with Gasteiger partial charge in [-0.1, -0.05) is 18.9 Å². The molecule has 1 aromatic heterocycles. The predicted octanol–water partition coefficient (Wildman–Crippen LogP) is 1.68. The van der Waals surface area contributed by atoms with Crippen molar-refractivity contribution in [1.82, 2.24) is 15.5 Å². The average Bonchev–Trinajstić information content (AvgIpc) is 2.88. The van der Waals surface area contributed by atoms with Crippen LogP contribution in [0.3, 0.4) is 0 Å². The molecule has 1 aliphatic heterocycles. The van der Waals surface area contributed by atoms with Crippen LogP contribution in [0.25, 0.3) is 0 Å². The minimum atomic E-state index is 0.609. The van der Waals surface area contributed by atoms with Crippen LogP contribution in [-0.2, 0) is 11.3 Å². The van der Waals surface area contributed by atoms with Crippen molar-refractivity contribution in [2.75, 3.05) is 38.3 Å². The molecule has 2 heterocycles. The SMILES string of the molecule is CC(C)CNCc1nnc(N(C)CC2CCOCC2)o1. The monoisotopic (exact) mass is 282 g/mol. The van der Waals surface area contributed by atoms with Crippen molar-refractivity contribution >= 4 is 6.01 Å². The van der Waals surface area contributed by atoms with Crippen molar-refractivity contribution in [3.05, 3.63) is 5.89 Å². The van der Waals surface area contributed by atoms with E-state index in [-0.39, 0.29) is 0 Å². The second kappa shape index (κ2) is 7.59. The normalized spacial score (nSPS) is 16.8. The number of hydrogen-bond acceptors (Lipinski definition) is 6. The summed E-state index contributed by atoms with van der Waals surface area (Å²) < 4.78 is 11.1. The first kappa shape index (κ1) is 15.3. The van der Waals surface area contributed by atoms with Gasteiger partial charge in [-0.3, -0.25) is 0 Å². The Bertz CT molecular complexity index is 388. The minimum Gasteiger partial charge on any atom is -0.407 e. The topological polar surface area (TPSA) is 63.4 Å². The Morgan fingerprint density at radius 3 is 2.75 bits per heavy atom. The molecule has 0 aromatic carbocycles. The summed E-state index contributed by atoms with van der Waals surface area (Å²) in [6.07, 6.45) is 2.22. The summed E-state index contributed by atoms with van der Waals surface area (Å²) in [5.74, 6) is 1.93. The zero-order chi connectivity index (χ0) is 14.4. The van der Waals surface area contributed by atoms with Gasteiger partial charge < -0.3 is 19.4 Å². The highest BCUT2D eigenvalue weighted by atomic mass is 16.5. The molecule has 0 radical (unpaired) electrons. The summed E-state index contributed by atoms with van der Waals surface area (Å²) in [4.78, 5) is 2.05. The lowest BCUT2D eigenvalue weighted by molar-refractivity contribution is 0.0682. The molecule has 1 aliphatic rings.